The smallest absolute Gasteiger partial charge is 0.408 e. The predicted octanol–water partition coefficient (Wildman–Crippen LogP) is 2.85. The Hall–Kier alpha value is -2.05. The molecule has 0 aromatic carbocycles. The van der Waals surface area contributed by atoms with E-state index in [1.807, 2.05) is 6.92 Å². The molecule has 0 bridgehead atoms. The quantitative estimate of drug-likeness (QED) is 0.767. The van der Waals surface area contributed by atoms with Crippen LogP contribution in [0.15, 0.2) is 4.42 Å². The van der Waals surface area contributed by atoms with Crippen LogP contribution >= 0.6 is 0 Å². The van der Waals surface area contributed by atoms with Crippen LogP contribution in [0.3, 0.4) is 0 Å². The van der Waals surface area contributed by atoms with Gasteiger partial charge in [-0.2, -0.15) is 0 Å². The molecule has 1 aromatic rings. The fraction of sp³-hybridized carbons (Fsp3) is 0.722. The molecule has 0 spiro atoms. The van der Waals surface area contributed by atoms with Gasteiger partial charge in [0.05, 0.1) is 12.2 Å². The standard InChI is InChI=1S/C18H31N3O4/c1-12-13(24-15(21-12)17(2,3)4)9-8-10-19-14(22)11-20-16(23)25-18(5,6)7/h8-11H2,1-7H3,(H,19,22)(H,20,23). The van der Waals surface area contributed by atoms with Crippen molar-refractivity contribution in [3.63, 3.8) is 0 Å². The van der Waals surface area contributed by atoms with E-state index in [1.165, 1.54) is 0 Å². The molecular formula is C18H31N3O4. The lowest BCUT2D eigenvalue weighted by Gasteiger charge is -2.19. The number of ether oxygens (including phenoxy) is 1. The van der Waals surface area contributed by atoms with E-state index in [1.54, 1.807) is 20.8 Å². The molecule has 1 rings (SSSR count). The van der Waals surface area contributed by atoms with Crippen molar-refractivity contribution in [1.29, 1.82) is 0 Å². The van der Waals surface area contributed by atoms with Crippen molar-refractivity contribution in [1.82, 2.24) is 15.6 Å². The third-order valence-electron chi connectivity index (χ3n) is 3.23. The molecule has 2 N–H and O–H groups in total. The van der Waals surface area contributed by atoms with E-state index in [0.717, 1.165) is 23.8 Å². The van der Waals surface area contributed by atoms with Gasteiger partial charge in [-0.3, -0.25) is 4.79 Å². The highest BCUT2D eigenvalue weighted by Crippen LogP contribution is 2.24. The summed E-state index contributed by atoms with van der Waals surface area (Å²) < 4.78 is 10.9. The summed E-state index contributed by atoms with van der Waals surface area (Å²) in [7, 11) is 0. The summed E-state index contributed by atoms with van der Waals surface area (Å²) in [5, 5.41) is 5.18. The lowest BCUT2D eigenvalue weighted by Crippen LogP contribution is -2.40. The van der Waals surface area contributed by atoms with Gasteiger partial charge in [0.2, 0.25) is 5.91 Å². The van der Waals surface area contributed by atoms with Crippen LogP contribution < -0.4 is 10.6 Å². The minimum absolute atomic E-state index is 0.107. The normalized spacial score (nSPS) is 12.0. The third kappa shape index (κ3) is 8.05. The maximum Gasteiger partial charge on any atom is 0.408 e. The van der Waals surface area contributed by atoms with Crippen molar-refractivity contribution in [3.8, 4) is 0 Å². The molecule has 1 aromatic heterocycles. The highest BCUT2D eigenvalue weighted by atomic mass is 16.6. The fourth-order valence-electron chi connectivity index (χ4n) is 1.99. The number of hydrogen-bond acceptors (Lipinski definition) is 5. The molecule has 0 atom stereocenters. The first-order chi connectivity index (χ1) is 11.4. The van der Waals surface area contributed by atoms with Gasteiger partial charge in [-0.25, -0.2) is 9.78 Å². The Labute approximate surface area is 149 Å². The number of alkyl carbamates (subject to hydrolysis) is 1. The number of amides is 2. The van der Waals surface area contributed by atoms with Crippen LogP contribution in [0, 0.1) is 6.92 Å². The molecule has 7 heteroatoms. The zero-order valence-electron chi connectivity index (χ0n) is 16.4. The summed E-state index contributed by atoms with van der Waals surface area (Å²) in [4.78, 5) is 27.6. The number of hydrogen-bond donors (Lipinski definition) is 2. The van der Waals surface area contributed by atoms with Crippen molar-refractivity contribution in [3.05, 3.63) is 17.3 Å². The van der Waals surface area contributed by atoms with Gasteiger partial charge < -0.3 is 19.8 Å². The molecule has 142 valence electrons. The number of aromatic nitrogens is 1. The van der Waals surface area contributed by atoms with E-state index in [2.05, 4.69) is 36.4 Å². The largest absolute Gasteiger partial charge is 0.445 e. The van der Waals surface area contributed by atoms with Crippen LogP contribution in [0.25, 0.3) is 0 Å². The SMILES string of the molecule is Cc1nc(C(C)(C)C)oc1CCCNC(=O)CNC(=O)OC(C)(C)C. The second-order valence-corrected chi connectivity index (χ2v) is 8.09. The van der Waals surface area contributed by atoms with Crippen molar-refractivity contribution < 1.29 is 18.7 Å². The zero-order valence-corrected chi connectivity index (χ0v) is 16.4. The lowest BCUT2D eigenvalue weighted by molar-refractivity contribution is -0.120. The van der Waals surface area contributed by atoms with E-state index >= 15 is 0 Å². The molecular weight excluding hydrogens is 322 g/mol. The highest BCUT2D eigenvalue weighted by molar-refractivity contribution is 5.82. The molecule has 0 radical (unpaired) electrons. The topological polar surface area (TPSA) is 93.5 Å². The molecule has 0 fully saturated rings. The number of oxazole rings is 1. The van der Waals surface area contributed by atoms with Crippen LogP contribution in [0.5, 0.6) is 0 Å². The molecule has 0 aliphatic heterocycles. The van der Waals surface area contributed by atoms with Gasteiger partial charge in [-0.15, -0.1) is 0 Å². The molecule has 0 aliphatic carbocycles. The maximum atomic E-state index is 11.7. The average molecular weight is 353 g/mol. The number of nitrogens with zero attached hydrogens (tertiary/aromatic N) is 1. The fourth-order valence-corrected chi connectivity index (χ4v) is 1.99. The van der Waals surface area contributed by atoms with Gasteiger partial charge in [0.25, 0.3) is 0 Å². The van der Waals surface area contributed by atoms with Crippen molar-refractivity contribution in [2.75, 3.05) is 13.1 Å². The highest BCUT2D eigenvalue weighted by Gasteiger charge is 2.22. The molecule has 7 nitrogen and oxygen atoms in total. The predicted molar refractivity (Wildman–Crippen MR) is 95.5 cm³/mol. The van der Waals surface area contributed by atoms with Gasteiger partial charge in [0.1, 0.15) is 11.4 Å². The van der Waals surface area contributed by atoms with E-state index in [-0.39, 0.29) is 17.9 Å². The van der Waals surface area contributed by atoms with Crippen molar-refractivity contribution in [2.45, 2.75) is 72.3 Å². The van der Waals surface area contributed by atoms with Crippen molar-refractivity contribution in [2.24, 2.45) is 0 Å². The summed E-state index contributed by atoms with van der Waals surface area (Å²) >= 11 is 0. The Bertz CT molecular complexity index is 594. The summed E-state index contributed by atoms with van der Waals surface area (Å²) in [5.41, 5.74) is 0.189. The Balaban J connectivity index is 2.28. The Morgan fingerprint density at radius 3 is 2.28 bits per heavy atom. The monoisotopic (exact) mass is 353 g/mol. The molecule has 0 unspecified atom stereocenters. The molecule has 2 amide bonds. The van der Waals surface area contributed by atoms with Crippen LogP contribution in [0.4, 0.5) is 4.79 Å². The van der Waals surface area contributed by atoms with E-state index in [0.29, 0.717) is 13.0 Å². The lowest BCUT2D eigenvalue weighted by atomic mass is 9.97. The first kappa shape index (κ1) is 21.0. The summed E-state index contributed by atoms with van der Waals surface area (Å²) in [6.07, 6.45) is 0.835. The van der Waals surface area contributed by atoms with Crippen LogP contribution in [0.2, 0.25) is 0 Å². The number of carbonyl (C=O) groups excluding carboxylic acids is 2. The first-order valence-electron chi connectivity index (χ1n) is 8.59. The number of carbonyl (C=O) groups is 2. The Kier molecular flexibility index (Phi) is 7.02. The first-order valence-corrected chi connectivity index (χ1v) is 8.59. The zero-order chi connectivity index (χ0) is 19.3. The average Bonchev–Trinajstić information content (AvgIpc) is 2.81. The minimum atomic E-state index is -0.602. The minimum Gasteiger partial charge on any atom is -0.445 e. The van der Waals surface area contributed by atoms with Crippen LogP contribution in [-0.4, -0.2) is 35.7 Å². The Morgan fingerprint density at radius 2 is 1.76 bits per heavy atom. The van der Waals surface area contributed by atoms with Crippen LogP contribution in [0.1, 0.15) is 65.3 Å². The van der Waals surface area contributed by atoms with E-state index in [4.69, 9.17) is 9.15 Å². The second-order valence-electron chi connectivity index (χ2n) is 8.09. The molecule has 0 aliphatic rings. The van der Waals surface area contributed by atoms with Gasteiger partial charge >= 0.3 is 6.09 Å². The molecule has 25 heavy (non-hydrogen) atoms. The number of rotatable bonds is 6. The van der Waals surface area contributed by atoms with Gasteiger partial charge in [-0.05, 0) is 34.1 Å². The second kappa shape index (κ2) is 8.36. The summed E-state index contributed by atoms with van der Waals surface area (Å²) in [6.45, 7) is 13.8. The Morgan fingerprint density at radius 1 is 1.12 bits per heavy atom. The van der Waals surface area contributed by atoms with E-state index < -0.39 is 11.7 Å². The van der Waals surface area contributed by atoms with Gasteiger partial charge in [-0.1, -0.05) is 20.8 Å². The molecule has 1 heterocycles. The summed E-state index contributed by atoms with van der Waals surface area (Å²) in [6, 6.07) is 0. The maximum absolute atomic E-state index is 11.7. The van der Waals surface area contributed by atoms with Gasteiger partial charge in [0.15, 0.2) is 5.89 Å². The van der Waals surface area contributed by atoms with E-state index in [9.17, 15) is 9.59 Å². The molecule has 0 saturated heterocycles. The summed E-state index contributed by atoms with van der Waals surface area (Å²) in [5.74, 6) is 1.33. The molecule has 0 saturated carbocycles. The number of nitrogens with one attached hydrogen (secondary N) is 2. The van der Waals surface area contributed by atoms with Crippen LogP contribution in [-0.2, 0) is 21.4 Å². The number of aryl methyl sites for hydroxylation is 2. The van der Waals surface area contributed by atoms with Gasteiger partial charge in [0, 0.05) is 18.4 Å². The van der Waals surface area contributed by atoms with Crippen molar-refractivity contribution >= 4 is 12.0 Å². The third-order valence-corrected chi connectivity index (χ3v) is 3.23.